The van der Waals surface area contributed by atoms with Crippen LogP contribution in [0.4, 0.5) is 4.39 Å². The number of rotatable bonds is 1. The predicted octanol–water partition coefficient (Wildman–Crippen LogP) is 0.117. The average molecular weight is 174 g/mol. The summed E-state index contributed by atoms with van der Waals surface area (Å²) in [6, 6.07) is -0.131. The largest absolute Gasteiger partial charge is 0.338 e. The summed E-state index contributed by atoms with van der Waals surface area (Å²) in [5, 5.41) is 0. The molecule has 0 bridgehead atoms. The Bertz CT molecular complexity index is 184. The molecule has 1 aliphatic rings. The first kappa shape index (κ1) is 9.45. The van der Waals surface area contributed by atoms with Gasteiger partial charge in [0.1, 0.15) is 6.17 Å². The fourth-order valence-corrected chi connectivity index (χ4v) is 1.49. The van der Waals surface area contributed by atoms with Crippen molar-refractivity contribution in [2.45, 2.75) is 19.1 Å². The molecule has 1 unspecified atom stereocenters. The van der Waals surface area contributed by atoms with E-state index in [9.17, 15) is 9.18 Å². The second-order valence-electron chi connectivity index (χ2n) is 3.47. The molecule has 0 aromatic rings. The van der Waals surface area contributed by atoms with E-state index in [4.69, 9.17) is 0 Å². The summed E-state index contributed by atoms with van der Waals surface area (Å²) in [5.41, 5.74) is 0. The number of alkyl halides is 1. The summed E-state index contributed by atoms with van der Waals surface area (Å²) in [6.45, 7) is 2.24. The summed E-state index contributed by atoms with van der Waals surface area (Å²) in [4.78, 5) is 14.3. The molecule has 0 aliphatic carbocycles. The van der Waals surface area contributed by atoms with Crippen molar-refractivity contribution < 1.29 is 9.18 Å². The highest BCUT2D eigenvalue weighted by molar-refractivity contribution is 5.73. The van der Waals surface area contributed by atoms with Gasteiger partial charge in [-0.25, -0.2) is 4.39 Å². The van der Waals surface area contributed by atoms with Crippen molar-refractivity contribution in [1.82, 2.24) is 9.80 Å². The van der Waals surface area contributed by atoms with Crippen molar-refractivity contribution in [3.05, 3.63) is 0 Å². The fraction of sp³-hybridized carbons (Fsp3) is 0.875. The van der Waals surface area contributed by atoms with Gasteiger partial charge in [0.2, 0.25) is 5.91 Å². The molecule has 1 saturated heterocycles. The van der Waals surface area contributed by atoms with E-state index < -0.39 is 6.17 Å². The third kappa shape index (κ3) is 1.75. The minimum Gasteiger partial charge on any atom is -0.338 e. The van der Waals surface area contributed by atoms with E-state index in [0.29, 0.717) is 6.54 Å². The number of amides is 1. The molecule has 2 atom stereocenters. The highest BCUT2D eigenvalue weighted by Gasteiger charge is 2.35. The third-order valence-corrected chi connectivity index (χ3v) is 2.33. The Labute approximate surface area is 72.1 Å². The zero-order valence-electron chi connectivity index (χ0n) is 7.75. The number of likely N-dealkylation sites (tertiary alicyclic amines) is 1. The second kappa shape index (κ2) is 3.39. The van der Waals surface area contributed by atoms with E-state index in [0.717, 1.165) is 0 Å². The van der Waals surface area contributed by atoms with Crippen LogP contribution in [0.1, 0.15) is 6.92 Å². The summed E-state index contributed by atoms with van der Waals surface area (Å²) < 4.78 is 13.2. The van der Waals surface area contributed by atoms with E-state index in [1.54, 1.807) is 4.90 Å². The number of hydrogen-bond donors (Lipinski definition) is 0. The number of hydrogen-bond acceptors (Lipinski definition) is 2. The first-order valence-electron chi connectivity index (χ1n) is 4.08. The predicted molar refractivity (Wildman–Crippen MR) is 44.6 cm³/mol. The Hall–Kier alpha value is -0.640. The first-order chi connectivity index (χ1) is 5.52. The molecule has 12 heavy (non-hydrogen) atoms. The summed E-state index contributed by atoms with van der Waals surface area (Å²) >= 11 is 0. The topological polar surface area (TPSA) is 23.6 Å². The van der Waals surface area contributed by atoms with Gasteiger partial charge in [0.15, 0.2) is 0 Å². The van der Waals surface area contributed by atoms with Crippen molar-refractivity contribution in [2.75, 3.05) is 27.2 Å². The lowest BCUT2D eigenvalue weighted by molar-refractivity contribution is -0.128. The van der Waals surface area contributed by atoms with Crippen LogP contribution in [-0.2, 0) is 4.79 Å². The lowest BCUT2D eigenvalue weighted by Crippen LogP contribution is -2.36. The number of carbonyl (C=O) groups excluding carboxylic acids is 1. The van der Waals surface area contributed by atoms with Crippen LogP contribution in [0.2, 0.25) is 0 Å². The van der Waals surface area contributed by atoms with E-state index in [1.807, 2.05) is 19.0 Å². The molecule has 0 N–H and O–H groups in total. The van der Waals surface area contributed by atoms with Gasteiger partial charge in [0.05, 0.1) is 12.6 Å². The molecule has 1 heterocycles. The van der Waals surface area contributed by atoms with Crippen LogP contribution in [0, 0.1) is 0 Å². The van der Waals surface area contributed by atoms with Gasteiger partial charge in [-0.05, 0) is 14.1 Å². The molecular weight excluding hydrogens is 159 g/mol. The van der Waals surface area contributed by atoms with E-state index in [2.05, 4.69) is 0 Å². The molecule has 4 heteroatoms. The zero-order valence-corrected chi connectivity index (χ0v) is 7.75. The van der Waals surface area contributed by atoms with Gasteiger partial charge in [-0.3, -0.25) is 4.79 Å². The monoisotopic (exact) mass is 174 g/mol. The highest BCUT2D eigenvalue weighted by Crippen LogP contribution is 2.16. The standard InChI is InChI=1S/C8H15FN2O/c1-6(12)11-4-7(9)8(5-11)10(2)3/h7-8H,4-5H2,1-3H3/t7?,8-/m1/s1. The van der Waals surface area contributed by atoms with Crippen LogP contribution < -0.4 is 0 Å². The first-order valence-corrected chi connectivity index (χ1v) is 4.08. The van der Waals surface area contributed by atoms with Crippen molar-refractivity contribution in [1.29, 1.82) is 0 Å². The molecular formula is C8H15FN2O. The van der Waals surface area contributed by atoms with Crippen molar-refractivity contribution >= 4 is 5.91 Å². The molecule has 1 amide bonds. The zero-order chi connectivity index (χ0) is 9.30. The molecule has 0 spiro atoms. The maximum absolute atomic E-state index is 13.2. The normalized spacial score (nSPS) is 29.9. The van der Waals surface area contributed by atoms with Crippen LogP contribution in [0.15, 0.2) is 0 Å². The van der Waals surface area contributed by atoms with E-state index in [1.165, 1.54) is 6.92 Å². The average Bonchev–Trinajstić information content (AvgIpc) is 2.30. The smallest absolute Gasteiger partial charge is 0.219 e. The highest BCUT2D eigenvalue weighted by atomic mass is 19.1. The van der Waals surface area contributed by atoms with Gasteiger partial charge in [-0.1, -0.05) is 0 Å². The number of carbonyl (C=O) groups is 1. The minimum atomic E-state index is -0.899. The summed E-state index contributed by atoms with van der Waals surface area (Å²) in [6.07, 6.45) is -0.899. The molecule has 0 aromatic heterocycles. The van der Waals surface area contributed by atoms with Crippen molar-refractivity contribution in [3.8, 4) is 0 Å². The van der Waals surface area contributed by atoms with E-state index >= 15 is 0 Å². The Morgan fingerprint density at radius 3 is 2.33 bits per heavy atom. The van der Waals surface area contributed by atoms with Gasteiger partial charge < -0.3 is 9.80 Å². The van der Waals surface area contributed by atoms with Crippen LogP contribution in [0.5, 0.6) is 0 Å². The SMILES string of the molecule is CC(=O)N1CC(F)[C@H](N(C)C)C1. The Morgan fingerprint density at radius 1 is 1.50 bits per heavy atom. The van der Waals surface area contributed by atoms with Crippen molar-refractivity contribution in [3.63, 3.8) is 0 Å². The van der Waals surface area contributed by atoms with Gasteiger partial charge in [-0.2, -0.15) is 0 Å². The maximum atomic E-state index is 13.2. The van der Waals surface area contributed by atoms with E-state index in [-0.39, 0.29) is 18.5 Å². The minimum absolute atomic E-state index is 0.0398. The summed E-state index contributed by atoms with van der Waals surface area (Å²) in [5.74, 6) is -0.0398. The van der Waals surface area contributed by atoms with Crippen LogP contribution in [0.3, 0.4) is 0 Å². The van der Waals surface area contributed by atoms with Gasteiger partial charge in [0, 0.05) is 13.5 Å². The fourth-order valence-electron chi connectivity index (χ4n) is 1.49. The Balaban J connectivity index is 2.56. The van der Waals surface area contributed by atoms with Gasteiger partial charge >= 0.3 is 0 Å². The van der Waals surface area contributed by atoms with Gasteiger partial charge in [-0.15, -0.1) is 0 Å². The molecule has 0 radical (unpaired) electrons. The summed E-state index contributed by atoms with van der Waals surface area (Å²) in [7, 11) is 3.67. The second-order valence-corrected chi connectivity index (χ2v) is 3.47. The third-order valence-electron chi connectivity index (χ3n) is 2.33. The Morgan fingerprint density at radius 2 is 2.08 bits per heavy atom. The molecule has 3 nitrogen and oxygen atoms in total. The molecule has 70 valence electrons. The molecule has 0 saturated carbocycles. The lowest BCUT2D eigenvalue weighted by atomic mass is 10.2. The number of halogens is 1. The Kier molecular flexibility index (Phi) is 2.67. The van der Waals surface area contributed by atoms with Gasteiger partial charge in [0.25, 0.3) is 0 Å². The van der Waals surface area contributed by atoms with Crippen LogP contribution >= 0.6 is 0 Å². The quantitative estimate of drug-likeness (QED) is 0.563. The molecule has 1 aliphatic heterocycles. The maximum Gasteiger partial charge on any atom is 0.219 e. The number of nitrogens with zero attached hydrogens (tertiary/aromatic N) is 2. The molecule has 1 rings (SSSR count). The van der Waals surface area contributed by atoms with Crippen LogP contribution in [-0.4, -0.2) is 55.1 Å². The molecule has 1 fully saturated rings. The number of likely N-dealkylation sites (N-methyl/N-ethyl adjacent to an activating group) is 1. The van der Waals surface area contributed by atoms with Crippen molar-refractivity contribution in [2.24, 2.45) is 0 Å². The lowest BCUT2D eigenvalue weighted by Gasteiger charge is -2.20. The molecule has 0 aromatic carbocycles. The van der Waals surface area contributed by atoms with Crippen LogP contribution in [0.25, 0.3) is 0 Å².